The smallest absolute Gasteiger partial charge is 0.417 e. The van der Waals surface area contributed by atoms with Crippen molar-refractivity contribution in [1.29, 1.82) is 0 Å². The van der Waals surface area contributed by atoms with Crippen LogP contribution in [0.1, 0.15) is 58.8 Å². The molecule has 1 N–H and O–H groups in total. The topological polar surface area (TPSA) is 46.5 Å². The number of rotatable bonds is 3. The molecule has 122 valence electrons. The zero-order chi connectivity index (χ0) is 15.9. The lowest BCUT2D eigenvalue weighted by molar-refractivity contribution is -0.262. The van der Waals surface area contributed by atoms with Crippen molar-refractivity contribution in [2.75, 3.05) is 0 Å². The van der Waals surface area contributed by atoms with E-state index >= 15 is 0 Å². The number of halogens is 3. The van der Waals surface area contributed by atoms with Gasteiger partial charge in [0.25, 0.3) is 0 Å². The summed E-state index contributed by atoms with van der Waals surface area (Å²) in [6.07, 6.45) is -2.42. The van der Waals surface area contributed by atoms with Crippen LogP contribution in [-0.2, 0) is 9.53 Å². The maximum Gasteiger partial charge on any atom is 0.417 e. The molecule has 2 rings (SSSR count). The SMILES string of the molecule is CCC(C)C(=O)OC12CCCCC1CC(O)(C(F)(F)F)C2. The molecule has 4 unspecified atom stereocenters. The standard InChI is InChI=1S/C15H23F3O3/c1-3-10(2)12(19)21-13-7-5-4-6-11(13)8-14(20,9-13)15(16,17)18/h10-11,20H,3-9H2,1-2H3. The molecular weight excluding hydrogens is 285 g/mol. The van der Waals surface area contributed by atoms with Crippen LogP contribution in [0.5, 0.6) is 0 Å². The lowest BCUT2D eigenvalue weighted by Gasteiger charge is -2.39. The van der Waals surface area contributed by atoms with Crippen molar-refractivity contribution in [3.05, 3.63) is 0 Å². The fraction of sp³-hybridized carbons (Fsp3) is 0.933. The highest BCUT2D eigenvalue weighted by Crippen LogP contribution is 2.56. The van der Waals surface area contributed by atoms with Gasteiger partial charge in [-0.3, -0.25) is 4.79 Å². The van der Waals surface area contributed by atoms with Crippen LogP contribution in [0.15, 0.2) is 0 Å². The van der Waals surface area contributed by atoms with Gasteiger partial charge in [0.2, 0.25) is 0 Å². The molecule has 2 fully saturated rings. The van der Waals surface area contributed by atoms with E-state index in [1.165, 1.54) is 0 Å². The fourth-order valence-electron chi connectivity index (χ4n) is 3.63. The zero-order valence-corrected chi connectivity index (χ0v) is 12.5. The van der Waals surface area contributed by atoms with Gasteiger partial charge in [0.15, 0.2) is 5.60 Å². The average molecular weight is 308 g/mol. The number of hydrogen-bond donors (Lipinski definition) is 1. The van der Waals surface area contributed by atoms with Gasteiger partial charge >= 0.3 is 12.1 Å². The number of carbonyl (C=O) groups is 1. The molecule has 21 heavy (non-hydrogen) atoms. The molecule has 4 atom stereocenters. The minimum Gasteiger partial charge on any atom is -0.458 e. The summed E-state index contributed by atoms with van der Waals surface area (Å²) >= 11 is 0. The van der Waals surface area contributed by atoms with E-state index in [9.17, 15) is 23.1 Å². The summed E-state index contributed by atoms with van der Waals surface area (Å²) in [6.45, 7) is 3.55. The van der Waals surface area contributed by atoms with Gasteiger partial charge in [-0.1, -0.05) is 20.3 Å². The highest BCUT2D eigenvalue weighted by molar-refractivity contribution is 5.72. The Morgan fingerprint density at radius 3 is 2.67 bits per heavy atom. The van der Waals surface area contributed by atoms with Crippen LogP contribution < -0.4 is 0 Å². The van der Waals surface area contributed by atoms with E-state index < -0.39 is 35.7 Å². The normalized spacial score (nSPS) is 37.9. The molecule has 0 heterocycles. The Kier molecular flexibility index (Phi) is 4.30. The number of ether oxygens (including phenoxy) is 1. The number of hydrogen-bond acceptors (Lipinski definition) is 3. The van der Waals surface area contributed by atoms with E-state index in [1.807, 2.05) is 6.92 Å². The van der Waals surface area contributed by atoms with E-state index in [0.29, 0.717) is 19.3 Å². The molecular formula is C15H23F3O3. The molecule has 0 amide bonds. The lowest BCUT2D eigenvalue weighted by Crippen LogP contribution is -2.47. The molecule has 2 saturated carbocycles. The third-order valence-corrected chi connectivity index (χ3v) is 5.17. The van der Waals surface area contributed by atoms with E-state index in [1.54, 1.807) is 6.92 Å². The van der Waals surface area contributed by atoms with Crippen LogP contribution in [0, 0.1) is 11.8 Å². The van der Waals surface area contributed by atoms with Crippen LogP contribution in [0.3, 0.4) is 0 Å². The van der Waals surface area contributed by atoms with E-state index in [-0.39, 0.29) is 12.3 Å². The van der Waals surface area contributed by atoms with Gasteiger partial charge in [0, 0.05) is 12.3 Å². The number of alkyl halides is 3. The van der Waals surface area contributed by atoms with Crippen molar-refractivity contribution >= 4 is 5.97 Å². The largest absolute Gasteiger partial charge is 0.458 e. The van der Waals surface area contributed by atoms with Crippen LogP contribution in [0.25, 0.3) is 0 Å². The molecule has 0 aromatic carbocycles. The Balaban J connectivity index is 2.24. The summed E-state index contributed by atoms with van der Waals surface area (Å²) < 4.78 is 44.9. The summed E-state index contributed by atoms with van der Waals surface area (Å²) in [5, 5.41) is 10.0. The molecule has 0 bridgehead atoms. The zero-order valence-electron chi connectivity index (χ0n) is 12.5. The number of esters is 1. The molecule has 0 radical (unpaired) electrons. The predicted octanol–water partition coefficient (Wildman–Crippen LogP) is 3.59. The second-order valence-corrected chi connectivity index (χ2v) is 6.65. The molecule has 0 aliphatic heterocycles. The van der Waals surface area contributed by atoms with Crippen molar-refractivity contribution in [3.63, 3.8) is 0 Å². The second-order valence-electron chi connectivity index (χ2n) is 6.65. The van der Waals surface area contributed by atoms with Gasteiger partial charge in [-0.2, -0.15) is 13.2 Å². The Morgan fingerprint density at radius 1 is 1.43 bits per heavy atom. The molecule has 3 nitrogen and oxygen atoms in total. The maximum absolute atomic E-state index is 13.1. The molecule has 2 aliphatic rings. The lowest BCUT2D eigenvalue weighted by atomic mass is 9.77. The van der Waals surface area contributed by atoms with Crippen LogP contribution >= 0.6 is 0 Å². The Morgan fingerprint density at radius 2 is 2.10 bits per heavy atom. The minimum atomic E-state index is -4.68. The summed E-state index contributed by atoms with van der Waals surface area (Å²) in [6, 6.07) is 0. The first kappa shape index (κ1) is 16.6. The van der Waals surface area contributed by atoms with Gasteiger partial charge in [-0.05, 0) is 32.1 Å². The van der Waals surface area contributed by atoms with E-state index in [0.717, 1.165) is 12.8 Å². The number of aliphatic hydroxyl groups is 1. The van der Waals surface area contributed by atoms with Crippen LogP contribution in [-0.4, -0.2) is 28.5 Å². The second kappa shape index (κ2) is 5.45. The first-order valence-corrected chi connectivity index (χ1v) is 7.65. The van der Waals surface area contributed by atoms with Gasteiger partial charge < -0.3 is 9.84 Å². The van der Waals surface area contributed by atoms with Crippen molar-refractivity contribution in [2.24, 2.45) is 11.8 Å². The van der Waals surface area contributed by atoms with Gasteiger partial charge in [-0.25, -0.2) is 0 Å². The van der Waals surface area contributed by atoms with Gasteiger partial charge in [0.1, 0.15) is 5.60 Å². The highest BCUT2D eigenvalue weighted by Gasteiger charge is 2.67. The van der Waals surface area contributed by atoms with Crippen LogP contribution in [0.4, 0.5) is 13.2 Å². The Bertz CT molecular complexity index is 409. The maximum atomic E-state index is 13.1. The summed E-state index contributed by atoms with van der Waals surface area (Å²) in [7, 11) is 0. The number of fused-ring (bicyclic) bond motifs is 1. The first-order chi connectivity index (χ1) is 9.63. The minimum absolute atomic E-state index is 0.332. The summed E-state index contributed by atoms with van der Waals surface area (Å²) in [4.78, 5) is 12.1. The summed E-state index contributed by atoms with van der Waals surface area (Å²) in [5.74, 6) is -1.18. The Labute approximate surface area is 122 Å². The molecule has 0 aromatic rings. The summed E-state index contributed by atoms with van der Waals surface area (Å²) in [5.41, 5.74) is -3.86. The van der Waals surface area contributed by atoms with Gasteiger partial charge in [0.05, 0.1) is 5.92 Å². The third kappa shape index (κ3) is 2.91. The van der Waals surface area contributed by atoms with Crippen molar-refractivity contribution in [2.45, 2.75) is 76.2 Å². The number of carbonyl (C=O) groups excluding carboxylic acids is 1. The first-order valence-electron chi connectivity index (χ1n) is 7.65. The molecule has 0 saturated heterocycles. The monoisotopic (exact) mass is 308 g/mol. The van der Waals surface area contributed by atoms with E-state index in [2.05, 4.69) is 0 Å². The Hall–Kier alpha value is -0.780. The van der Waals surface area contributed by atoms with Crippen molar-refractivity contribution < 1.29 is 27.8 Å². The van der Waals surface area contributed by atoms with E-state index in [4.69, 9.17) is 4.74 Å². The fourth-order valence-corrected chi connectivity index (χ4v) is 3.63. The van der Waals surface area contributed by atoms with Crippen molar-refractivity contribution in [3.8, 4) is 0 Å². The quantitative estimate of drug-likeness (QED) is 0.810. The molecule has 0 aromatic heterocycles. The molecule has 0 spiro atoms. The average Bonchev–Trinajstić information content (AvgIpc) is 2.70. The van der Waals surface area contributed by atoms with Gasteiger partial charge in [-0.15, -0.1) is 0 Å². The highest BCUT2D eigenvalue weighted by atomic mass is 19.4. The van der Waals surface area contributed by atoms with Crippen molar-refractivity contribution in [1.82, 2.24) is 0 Å². The third-order valence-electron chi connectivity index (χ3n) is 5.17. The predicted molar refractivity (Wildman–Crippen MR) is 70.5 cm³/mol. The molecule has 6 heteroatoms. The molecule has 2 aliphatic carbocycles. The van der Waals surface area contributed by atoms with Crippen LogP contribution in [0.2, 0.25) is 0 Å².